The lowest BCUT2D eigenvalue weighted by molar-refractivity contribution is -0.114. The number of hydrogen-bond acceptors (Lipinski definition) is 3. The quantitative estimate of drug-likeness (QED) is 0.789. The zero-order chi connectivity index (χ0) is 14.5. The van der Waals surface area contributed by atoms with Gasteiger partial charge in [0.05, 0.1) is 4.90 Å². The Morgan fingerprint density at radius 1 is 1.32 bits per heavy atom. The fraction of sp³-hybridized carbons (Fsp3) is 0.417. The number of rotatable bonds is 6. The highest BCUT2D eigenvalue weighted by Gasteiger charge is 2.16. The van der Waals surface area contributed by atoms with Gasteiger partial charge in [-0.3, -0.25) is 4.79 Å². The highest BCUT2D eigenvalue weighted by atomic mass is 35.5. The van der Waals surface area contributed by atoms with Crippen molar-refractivity contribution in [2.45, 2.75) is 31.2 Å². The smallest absolute Gasteiger partial charge is 0.240 e. The molecule has 1 aromatic rings. The molecule has 0 saturated carbocycles. The molecule has 0 saturated heterocycles. The lowest BCUT2D eigenvalue weighted by Crippen LogP contribution is -2.32. The van der Waals surface area contributed by atoms with Crippen LogP contribution in [0.25, 0.3) is 0 Å². The predicted molar refractivity (Wildman–Crippen MR) is 75.9 cm³/mol. The Labute approximate surface area is 118 Å². The van der Waals surface area contributed by atoms with Crippen LogP contribution in [0.3, 0.4) is 0 Å². The van der Waals surface area contributed by atoms with Crippen LogP contribution in [0.2, 0.25) is 0 Å². The highest BCUT2D eigenvalue weighted by molar-refractivity contribution is 7.89. The zero-order valence-electron chi connectivity index (χ0n) is 10.8. The Hall–Kier alpha value is -1.11. The number of halogens is 1. The Kier molecular flexibility index (Phi) is 5.78. The third-order valence-corrected chi connectivity index (χ3v) is 4.21. The van der Waals surface area contributed by atoms with Gasteiger partial charge < -0.3 is 5.32 Å². The van der Waals surface area contributed by atoms with E-state index in [1.54, 1.807) is 19.1 Å². The first kappa shape index (κ1) is 15.9. The van der Waals surface area contributed by atoms with Crippen LogP contribution in [0.1, 0.15) is 20.3 Å². The second-order valence-electron chi connectivity index (χ2n) is 4.21. The molecule has 0 bridgehead atoms. The van der Waals surface area contributed by atoms with Crippen molar-refractivity contribution in [3.8, 4) is 0 Å². The van der Waals surface area contributed by atoms with Crippen molar-refractivity contribution in [2.75, 3.05) is 11.2 Å². The van der Waals surface area contributed by atoms with E-state index in [1.807, 2.05) is 0 Å². The minimum atomic E-state index is -3.55. The number of benzene rings is 1. The molecular formula is C12H17ClN2O3S. The number of carbonyl (C=O) groups is 1. The van der Waals surface area contributed by atoms with Gasteiger partial charge in [-0.15, -0.1) is 11.6 Å². The standard InChI is InChI=1S/C12H17ClN2O3S/c1-9(7-8-13)15-19(17,18)12-5-3-11(4-6-12)14-10(2)16/h3-6,9,15H,7-8H2,1-2H3,(H,14,16). The van der Waals surface area contributed by atoms with E-state index in [1.165, 1.54) is 19.1 Å². The van der Waals surface area contributed by atoms with Gasteiger partial charge in [0, 0.05) is 24.5 Å². The molecule has 0 aliphatic rings. The van der Waals surface area contributed by atoms with Crippen molar-refractivity contribution >= 4 is 33.2 Å². The molecule has 0 aromatic heterocycles. The van der Waals surface area contributed by atoms with Gasteiger partial charge in [0.1, 0.15) is 0 Å². The van der Waals surface area contributed by atoms with Gasteiger partial charge in [0.15, 0.2) is 0 Å². The molecule has 2 N–H and O–H groups in total. The number of nitrogens with one attached hydrogen (secondary N) is 2. The Balaban J connectivity index is 2.81. The molecule has 1 unspecified atom stereocenters. The van der Waals surface area contributed by atoms with E-state index in [9.17, 15) is 13.2 Å². The van der Waals surface area contributed by atoms with Crippen molar-refractivity contribution in [1.82, 2.24) is 4.72 Å². The van der Waals surface area contributed by atoms with Crippen molar-refractivity contribution in [3.05, 3.63) is 24.3 Å². The first-order chi connectivity index (χ1) is 8.85. The SMILES string of the molecule is CC(=O)Nc1ccc(S(=O)(=O)NC(C)CCCl)cc1. The van der Waals surface area contributed by atoms with Crippen molar-refractivity contribution < 1.29 is 13.2 Å². The van der Waals surface area contributed by atoms with E-state index in [4.69, 9.17) is 11.6 Å². The summed E-state index contributed by atoms with van der Waals surface area (Å²) in [5.74, 6) is 0.190. The number of alkyl halides is 1. The maximum atomic E-state index is 12.0. The molecule has 0 aliphatic heterocycles. The van der Waals surface area contributed by atoms with Crippen LogP contribution in [-0.4, -0.2) is 26.2 Å². The van der Waals surface area contributed by atoms with Crippen LogP contribution < -0.4 is 10.0 Å². The van der Waals surface area contributed by atoms with Crippen molar-refractivity contribution in [1.29, 1.82) is 0 Å². The van der Waals surface area contributed by atoms with E-state index >= 15 is 0 Å². The second kappa shape index (κ2) is 6.88. The van der Waals surface area contributed by atoms with Crippen LogP contribution in [0.4, 0.5) is 5.69 Å². The topological polar surface area (TPSA) is 75.3 Å². The molecule has 0 radical (unpaired) electrons. The molecule has 0 aliphatic carbocycles. The molecule has 5 nitrogen and oxygen atoms in total. The van der Waals surface area contributed by atoms with Gasteiger partial charge in [0.2, 0.25) is 15.9 Å². The summed E-state index contributed by atoms with van der Waals surface area (Å²) < 4.78 is 26.6. The molecule has 0 spiro atoms. The maximum absolute atomic E-state index is 12.0. The summed E-state index contributed by atoms with van der Waals surface area (Å²) in [6.07, 6.45) is 0.560. The van der Waals surface area contributed by atoms with Gasteiger partial charge in [-0.1, -0.05) is 0 Å². The number of hydrogen-bond donors (Lipinski definition) is 2. The van der Waals surface area contributed by atoms with Crippen molar-refractivity contribution in [2.24, 2.45) is 0 Å². The molecule has 19 heavy (non-hydrogen) atoms. The van der Waals surface area contributed by atoms with E-state index in [0.29, 0.717) is 18.0 Å². The van der Waals surface area contributed by atoms with Gasteiger partial charge >= 0.3 is 0 Å². The summed E-state index contributed by atoms with van der Waals surface area (Å²) in [5, 5.41) is 2.57. The Morgan fingerprint density at radius 3 is 2.37 bits per heavy atom. The maximum Gasteiger partial charge on any atom is 0.240 e. The molecular weight excluding hydrogens is 288 g/mol. The van der Waals surface area contributed by atoms with E-state index in [0.717, 1.165) is 0 Å². The largest absolute Gasteiger partial charge is 0.326 e. The van der Waals surface area contributed by atoms with Gasteiger partial charge in [0.25, 0.3) is 0 Å². The van der Waals surface area contributed by atoms with Crippen molar-refractivity contribution in [3.63, 3.8) is 0 Å². The summed E-state index contributed by atoms with van der Waals surface area (Å²) >= 11 is 5.57. The first-order valence-electron chi connectivity index (χ1n) is 5.81. The first-order valence-corrected chi connectivity index (χ1v) is 7.83. The summed E-state index contributed by atoms with van der Waals surface area (Å²) in [4.78, 5) is 11.0. The molecule has 0 heterocycles. The number of carbonyl (C=O) groups excluding carboxylic acids is 1. The average Bonchev–Trinajstić information content (AvgIpc) is 2.28. The van der Waals surface area contributed by atoms with Crippen LogP contribution in [0.15, 0.2) is 29.2 Å². The predicted octanol–water partition coefficient (Wildman–Crippen LogP) is 1.94. The molecule has 1 rings (SSSR count). The summed E-state index contributed by atoms with van der Waals surface area (Å²) in [7, 11) is -3.55. The summed E-state index contributed by atoms with van der Waals surface area (Å²) in [6.45, 7) is 3.14. The monoisotopic (exact) mass is 304 g/mol. The van der Waals surface area contributed by atoms with Crippen LogP contribution in [0.5, 0.6) is 0 Å². The van der Waals surface area contributed by atoms with Gasteiger partial charge in [-0.2, -0.15) is 0 Å². The minimum absolute atomic E-state index is 0.156. The second-order valence-corrected chi connectivity index (χ2v) is 6.30. The van der Waals surface area contributed by atoms with Crippen LogP contribution in [0, 0.1) is 0 Å². The van der Waals surface area contributed by atoms with E-state index in [2.05, 4.69) is 10.0 Å². The average molecular weight is 305 g/mol. The van der Waals surface area contributed by atoms with Crippen LogP contribution >= 0.6 is 11.6 Å². The fourth-order valence-corrected chi connectivity index (χ4v) is 3.08. The molecule has 7 heteroatoms. The number of sulfonamides is 1. The zero-order valence-corrected chi connectivity index (χ0v) is 12.4. The summed E-state index contributed by atoms with van der Waals surface area (Å²) in [5.41, 5.74) is 0.556. The third-order valence-electron chi connectivity index (χ3n) is 2.38. The number of amides is 1. The molecule has 1 aromatic carbocycles. The molecule has 1 amide bonds. The van der Waals surface area contributed by atoms with Gasteiger partial charge in [-0.25, -0.2) is 13.1 Å². The highest BCUT2D eigenvalue weighted by Crippen LogP contribution is 2.14. The minimum Gasteiger partial charge on any atom is -0.326 e. The lowest BCUT2D eigenvalue weighted by atomic mass is 10.3. The van der Waals surface area contributed by atoms with E-state index in [-0.39, 0.29) is 16.8 Å². The lowest BCUT2D eigenvalue weighted by Gasteiger charge is -2.13. The fourth-order valence-electron chi connectivity index (χ4n) is 1.48. The van der Waals surface area contributed by atoms with E-state index < -0.39 is 10.0 Å². The number of anilines is 1. The Morgan fingerprint density at radius 2 is 1.89 bits per heavy atom. The van der Waals surface area contributed by atoms with Crippen LogP contribution in [-0.2, 0) is 14.8 Å². The molecule has 1 atom stereocenters. The molecule has 0 fully saturated rings. The van der Waals surface area contributed by atoms with Gasteiger partial charge in [-0.05, 0) is 37.6 Å². The molecule has 106 valence electrons. The third kappa shape index (κ3) is 5.18. The summed E-state index contributed by atoms with van der Waals surface area (Å²) in [6, 6.07) is 5.75. The Bertz CT molecular complexity index is 528. The normalized spacial score (nSPS) is 13.0.